The summed E-state index contributed by atoms with van der Waals surface area (Å²) in [6, 6.07) is 16.6. The number of anilines is 2. The van der Waals surface area contributed by atoms with Crippen molar-refractivity contribution in [2.24, 2.45) is 5.92 Å². The molecule has 3 atom stereocenters. The zero-order chi connectivity index (χ0) is 29.1. The summed E-state index contributed by atoms with van der Waals surface area (Å²) in [7, 11) is 4.71. The normalized spacial score (nSPS) is 19.3. The molecule has 3 unspecified atom stereocenters. The quantitative estimate of drug-likeness (QED) is 0.259. The number of ketones is 1. The molecule has 0 spiro atoms. The molecule has 3 aromatic rings. The standard InChI is InChI=1S/C32H34N2O7/c1-6-40-27-15-19(11-12-26(27)41-18(2)35)31-30-24(33-22-9-7-8-10-23(22)34-31)13-20(14-25(30)36)21-16-28(37-3)32(39-5)29(17-21)38-4/h7-13,15-17,20,30-31,33-34H,6,14H2,1-5H3. The van der Waals surface area contributed by atoms with Gasteiger partial charge in [-0.1, -0.05) is 24.3 Å². The summed E-state index contributed by atoms with van der Waals surface area (Å²) < 4.78 is 27.8. The first-order valence-electron chi connectivity index (χ1n) is 13.5. The van der Waals surface area contributed by atoms with Crippen molar-refractivity contribution in [1.82, 2.24) is 0 Å². The van der Waals surface area contributed by atoms with Gasteiger partial charge < -0.3 is 34.3 Å². The summed E-state index contributed by atoms with van der Waals surface area (Å²) in [5.74, 6) is 1.26. The number of ether oxygens (including phenoxy) is 5. The molecule has 5 rings (SSSR count). The Morgan fingerprint density at radius 3 is 2.20 bits per heavy atom. The maximum absolute atomic E-state index is 14.0. The number of fused-ring (bicyclic) bond motifs is 2. The van der Waals surface area contributed by atoms with Crippen LogP contribution in [0, 0.1) is 5.92 Å². The first-order chi connectivity index (χ1) is 19.9. The Kier molecular flexibility index (Phi) is 8.05. The monoisotopic (exact) mass is 558 g/mol. The Balaban J connectivity index is 1.61. The molecule has 1 heterocycles. The molecule has 1 aliphatic heterocycles. The molecule has 214 valence electrons. The second-order valence-electron chi connectivity index (χ2n) is 9.86. The van der Waals surface area contributed by atoms with Crippen molar-refractivity contribution in [3.05, 3.63) is 77.5 Å². The van der Waals surface area contributed by atoms with Gasteiger partial charge in [0, 0.05) is 25.0 Å². The largest absolute Gasteiger partial charge is 0.493 e. The van der Waals surface area contributed by atoms with Crippen molar-refractivity contribution < 1.29 is 33.3 Å². The molecule has 41 heavy (non-hydrogen) atoms. The Morgan fingerprint density at radius 2 is 1.56 bits per heavy atom. The Morgan fingerprint density at radius 1 is 0.878 bits per heavy atom. The average molecular weight is 559 g/mol. The van der Waals surface area contributed by atoms with E-state index >= 15 is 0 Å². The summed E-state index contributed by atoms with van der Waals surface area (Å²) in [6.07, 6.45) is 2.40. The van der Waals surface area contributed by atoms with Crippen LogP contribution in [0.25, 0.3) is 0 Å². The lowest BCUT2D eigenvalue weighted by molar-refractivity contribution is -0.132. The predicted molar refractivity (Wildman–Crippen MR) is 155 cm³/mol. The second kappa shape index (κ2) is 11.8. The summed E-state index contributed by atoms with van der Waals surface area (Å²) in [5.41, 5.74) is 4.24. The van der Waals surface area contributed by atoms with Crippen molar-refractivity contribution >= 4 is 23.1 Å². The van der Waals surface area contributed by atoms with E-state index in [0.717, 1.165) is 28.2 Å². The van der Waals surface area contributed by atoms with Gasteiger partial charge in [-0.3, -0.25) is 9.59 Å². The minimum atomic E-state index is -0.505. The lowest BCUT2D eigenvalue weighted by Crippen LogP contribution is -2.33. The highest BCUT2D eigenvalue weighted by Crippen LogP contribution is 2.47. The molecule has 2 aliphatic rings. The van der Waals surface area contributed by atoms with E-state index in [1.54, 1.807) is 27.4 Å². The van der Waals surface area contributed by atoms with Crippen LogP contribution in [0.15, 0.2) is 66.4 Å². The number of allylic oxidation sites excluding steroid dienone is 1. The third kappa shape index (κ3) is 5.52. The number of Topliss-reactive ketones (excluding diaryl/α,β-unsaturated/α-hetero) is 1. The highest BCUT2D eigenvalue weighted by Gasteiger charge is 2.40. The molecule has 0 saturated carbocycles. The number of para-hydroxylation sites is 2. The van der Waals surface area contributed by atoms with Crippen LogP contribution < -0.4 is 34.3 Å². The molecule has 2 N–H and O–H groups in total. The molecular formula is C32H34N2O7. The molecule has 0 radical (unpaired) electrons. The van der Waals surface area contributed by atoms with Gasteiger partial charge in [0.25, 0.3) is 0 Å². The number of nitrogens with one attached hydrogen (secondary N) is 2. The van der Waals surface area contributed by atoms with E-state index in [0.29, 0.717) is 35.4 Å². The Hall–Kier alpha value is -4.66. The second-order valence-corrected chi connectivity index (χ2v) is 9.86. The Labute approximate surface area is 239 Å². The lowest BCUT2D eigenvalue weighted by Gasteiger charge is -2.33. The van der Waals surface area contributed by atoms with Crippen LogP contribution in [-0.2, 0) is 9.59 Å². The van der Waals surface area contributed by atoms with Gasteiger partial charge in [-0.15, -0.1) is 0 Å². The molecule has 0 aromatic heterocycles. The zero-order valence-corrected chi connectivity index (χ0v) is 23.8. The number of hydrogen-bond donors (Lipinski definition) is 2. The van der Waals surface area contributed by atoms with E-state index in [-0.39, 0.29) is 18.1 Å². The van der Waals surface area contributed by atoms with Gasteiger partial charge in [0.15, 0.2) is 23.0 Å². The first-order valence-corrected chi connectivity index (χ1v) is 13.5. The summed E-state index contributed by atoms with van der Waals surface area (Å²) in [6.45, 7) is 3.61. The van der Waals surface area contributed by atoms with Crippen molar-refractivity contribution in [1.29, 1.82) is 0 Å². The summed E-state index contributed by atoms with van der Waals surface area (Å²) >= 11 is 0. The van der Waals surface area contributed by atoms with Crippen molar-refractivity contribution in [2.45, 2.75) is 32.2 Å². The number of methoxy groups -OCH3 is 3. The summed E-state index contributed by atoms with van der Waals surface area (Å²) in [5, 5.41) is 7.14. The van der Waals surface area contributed by atoms with Gasteiger partial charge in [-0.2, -0.15) is 0 Å². The van der Waals surface area contributed by atoms with Crippen LogP contribution in [0.5, 0.6) is 28.7 Å². The first kappa shape index (κ1) is 27.9. The number of benzene rings is 3. The summed E-state index contributed by atoms with van der Waals surface area (Å²) in [4.78, 5) is 25.7. The molecule has 1 aliphatic carbocycles. The number of carbonyl (C=O) groups excluding carboxylic acids is 2. The number of hydrogen-bond acceptors (Lipinski definition) is 9. The number of carbonyl (C=O) groups is 2. The van der Waals surface area contributed by atoms with Gasteiger partial charge >= 0.3 is 5.97 Å². The number of esters is 1. The molecule has 0 fully saturated rings. The van der Waals surface area contributed by atoms with Gasteiger partial charge in [0.2, 0.25) is 5.75 Å². The molecule has 0 amide bonds. The minimum absolute atomic E-state index is 0.0704. The molecule has 0 bridgehead atoms. The van der Waals surface area contributed by atoms with E-state index in [1.807, 2.05) is 55.5 Å². The Bertz CT molecular complexity index is 1470. The maximum Gasteiger partial charge on any atom is 0.308 e. The molecular weight excluding hydrogens is 524 g/mol. The highest BCUT2D eigenvalue weighted by molar-refractivity contribution is 5.90. The minimum Gasteiger partial charge on any atom is -0.493 e. The average Bonchev–Trinajstić information content (AvgIpc) is 3.14. The van der Waals surface area contributed by atoms with Crippen LogP contribution in [0.3, 0.4) is 0 Å². The van der Waals surface area contributed by atoms with E-state index in [1.165, 1.54) is 6.92 Å². The van der Waals surface area contributed by atoms with Gasteiger partial charge in [-0.25, -0.2) is 0 Å². The van der Waals surface area contributed by atoms with Crippen molar-refractivity contribution in [3.63, 3.8) is 0 Å². The lowest BCUT2D eigenvalue weighted by atomic mass is 9.76. The van der Waals surface area contributed by atoms with E-state index < -0.39 is 17.9 Å². The van der Waals surface area contributed by atoms with E-state index in [4.69, 9.17) is 23.7 Å². The van der Waals surface area contributed by atoms with Crippen LogP contribution in [0.2, 0.25) is 0 Å². The fourth-order valence-electron chi connectivity index (χ4n) is 5.54. The van der Waals surface area contributed by atoms with Gasteiger partial charge in [-0.05, 0) is 54.4 Å². The smallest absolute Gasteiger partial charge is 0.308 e. The fourth-order valence-corrected chi connectivity index (χ4v) is 5.54. The SMILES string of the molecule is CCOc1cc(C2Nc3ccccc3NC3=CC(c4cc(OC)c(OC)c(OC)c4)CC(=O)C32)ccc1OC(C)=O. The molecule has 0 saturated heterocycles. The van der Waals surface area contributed by atoms with Crippen LogP contribution >= 0.6 is 0 Å². The third-order valence-electron chi connectivity index (χ3n) is 7.33. The van der Waals surface area contributed by atoms with Crippen LogP contribution in [-0.4, -0.2) is 39.7 Å². The van der Waals surface area contributed by atoms with E-state index in [2.05, 4.69) is 16.7 Å². The van der Waals surface area contributed by atoms with Crippen LogP contribution in [0.1, 0.15) is 43.4 Å². The van der Waals surface area contributed by atoms with Crippen molar-refractivity contribution in [3.8, 4) is 28.7 Å². The zero-order valence-electron chi connectivity index (χ0n) is 23.8. The molecule has 9 heteroatoms. The topological polar surface area (TPSA) is 104 Å². The molecule has 3 aromatic carbocycles. The fraction of sp³-hybridized carbons (Fsp3) is 0.312. The van der Waals surface area contributed by atoms with E-state index in [9.17, 15) is 9.59 Å². The number of rotatable bonds is 8. The van der Waals surface area contributed by atoms with Gasteiger partial charge in [0.1, 0.15) is 5.78 Å². The maximum atomic E-state index is 14.0. The van der Waals surface area contributed by atoms with Crippen LogP contribution in [0.4, 0.5) is 11.4 Å². The molecule has 9 nitrogen and oxygen atoms in total. The highest BCUT2D eigenvalue weighted by atomic mass is 16.6. The van der Waals surface area contributed by atoms with Gasteiger partial charge in [0.05, 0.1) is 51.3 Å². The third-order valence-corrected chi connectivity index (χ3v) is 7.33. The predicted octanol–water partition coefficient (Wildman–Crippen LogP) is 5.87. The van der Waals surface area contributed by atoms with Crippen molar-refractivity contribution in [2.75, 3.05) is 38.6 Å².